The standard InChI is InChI=1S/C18H20F3N5O3S/c1-24(30(27,28)25-7-6-22-12-25)14-2-3-16-15(10-14)23-17(18(19,20)21)26(16)11-13-4-8-29-9-5-13/h2-3,6-7,10,12-13H,4-5,8-9,11H2,1H3. The summed E-state index contributed by atoms with van der Waals surface area (Å²) < 4.78 is 74.6. The molecule has 8 nitrogen and oxygen atoms in total. The van der Waals surface area contributed by atoms with Gasteiger partial charge in [-0.15, -0.1) is 0 Å². The lowest BCUT2D eigenvalue weighted by atomic mass is 10.0. The molecule has 1 fully saturated rings. The molecule has 4 rings (SSSR count). The molecule has 2 aromatic heterocycles. The Labute approximate surface area is 171 Å². The maximum absolute atomic E-state index is 13.7. The minimum absolute atomic E-state index is 0.0567. The van der Waals surface area contributed by atoms with Crippen LogP contribution in [0.1, 0.15) is 18.7 Å². The fourth-order valence-corrected chi connectivity index (χ4v) is 4.61. The van der Waals surface area contributed by atoms with Crippen molar-refractivity contribution in [3.05, 3.63) is 42.7 Å². The number of hydrogen-bond acceptors (Lipinski definition) is 5. The highest BCUT2D eigenvalue weighted by molar-refractivity contribution is 7.91. The van der Waals surface area contributed by atoms with E-state index in [4.69, 9.17) is 4.74 Å². The van der Waals surface area contributed by atoms with Crippen molar-refractivity contribution in [2.75, 3.05) is 24.6 Å². The van der Waals surface area contributed by atoms with Gasteiger partial charge in [-0.3, -0.25) is 4.31 Å². The zero-order chi connectivity index (χ0) is 21.5. The van der Waals surface area contributed by atoms with E-state index in [1.54, 1.807) is 0 Å². The first-order valence-electron chi connectivity index (χ1n) is 9.30. The Kier molecular flexibility index (Phi) is 5.22. The van der Waals surface area contributed by atoms with Gasteiger partial charge in [0.25, 0.3) is 0 Å². The Balaban J connectivity index is 1.74. The summed E-state index contributed by atoms with van der Waals surface area (Å²) in [5.74, 6) is -0.928. The first kappa shape index (κ1) is 20.7. The van der Waals surface area contributed by atoms with Crippen LogP contribution in [0.5, 0.6) is 0 Å². The van der Waals surface area contributed by atoms with E-state index in [2.05, 4.69) is 9.97 Å². The van der Waals surface area contributed by atoms with Gasteiger partial charge in [0, 0.05) is 39.2 Å². The maximum Gasteiger partial charge on any atom is 0.449 e. The van der Waals surface area contributed by atoms with Crippen molar-refractivity contribution in [1.82, 2.24) is 18.5 Å². The predicted molar refractivity (Wildman–Crippen MR) is 103 cm³/mol. The van der Waals surface area contributed by atoms with E-state index < -0.39 is 22.2 Å². The van der Waals surface area contributed by atoms with Gasteiger partial charge in [0.05, 0.1) is 16.7 Å². The Morgan fingerprint density at radius 2 is 2.00 bits per heavy atom. The van der Waals surface area contributed by atoms with E-state index >= 15 is 0 Å². The third-order valence-electron chi connectivity index (χ3n) is 5.22. The zero-order valence-electron chi connectivity index (χ0n) is 16.1. The van der Waals surface area contributed by atoms with Crippen LogP contribution >= 0.6 is 0 Å². The highest BCUT2D eigenvalue weighted by atomic mass is 32.2. The quantitative estimate of drug-likeness (QED) is 0.606. The summed E-state index contributed by atoms with van der Waals surface area (Å²) in [6.45, 7) is 1.23. The van der Waals surface area contributed by atoms with Crippen molar-refractivity contribution in [3.8, 4) is 0 Å². The Morgan fingerprint density at radius 3 is 2.63 bits per heavy atom. The average Bonchev–Trinajstić information content (AvgIpc) is 3.36. The van der Waals surface area contributed by atoms with Crippen molar-refractivity contribution in [2.24, 2.45) is 5.92 Å². The van der Waals surface area contributed by atoms with Crippen LogP contribution in [0.15, 0.2) is 36.9 Å². The fraction of sp³-hybridized carbons (Fsp3) is 0.444. The first-order chi connectivity index (χ1) is 14.2. The molecule has 0 unspecified atom stereocenters. The minimum Gasteiger partial charge on any atom is -0.381 e. The summed E-state index contributed by atoms with van der Waals surface area (Å²) in [6.07, 6.45) is 0.465. The van der Waals surface area contributed by atoms with Crippen LogP contribution in [0.2, 0.25) is 0 Å². The molecule has 3 aromatic rings. The molecule has 3 heterocycles. The fourth-order valence-electron chi connectivity index (χ4n) is 3.56. The molecule has 0 atom stereocenters. The van der Waals surface area contributed by atoms with Crippen LogP contribution in [0.25, 0.3) is 11.0 Å². The Morgan fingerprint density at radius 1 is 1.27 bits per heavy atom. The number of hydrogen-bond donors (Lipinski definition) is 0. The van der Waals surface area contributed by atoms with Crippen molar-refractivity contribution >= 4 is 26.9 Å². The number of rotatable bonds is 5. The summed E-state index contributed by atoms with van der Waals surface area (Å²) >= 11 is 0. The number of imidazole rings is 2. The van der Waals surface area contributed by atoms with Gasteiger partial charge < -0.3 is 9.30 Å². The number of ether oxygens (including phenoxy) is 1. The summed E-state index contributed by atoms with van der Waals surface area (Å²) in [7, 11) is -2.64. The molecule has 12 heteroatoms. The molecule has 0 N–H and O–H groups in total. The zero-order valence-corrected chi connectivity index (χ0v) is 16.9. The monoisotopic (exact) mass is 443 g/mol. The molecule has 0 spiro atoms. The van der Waals surface area contributed by atoms with E-state index in [0.29, 0.717) is 31.6 Å². The number of fused-ring (bicyclic) bond motifs is 1. The Hall–Kier alpha value is -2.60. The third kappa shape index (κ3) is 3.76. The molecule has 1 aliphatic heterocycles. The van der Waals surface area contributed by atoms with Crippen molar-refractivity contribution in [3.63, 3.8) is 0 Å². The molecular formula is C18H20F3N5O3S. The number of anilines is 1. The number of halogens is 3. The summed E-state index contributed by atoms with van der Waals surface area (Å²) in [5, 5.41) is 0. The van der Waals surface area contributed by atoms with E-state index in [0.717, 1.165) is 14.6 Å². The summed E-state index contributed by atoms with van der Waals surface area (Å²) in [6, 6.07) is 4.30. The second kappa shape index (κ2) is 7.58. The summed E-state index contributed by atoms with van der Waals surface area (Å²) in [5.41, 5.74) is 0.589. The lowest BCUT2D eigenvalue weighted by Gasteiger charge is -2.24. The highest BCUT2D eigenvalue weighted by Gasteiger charge is 2.38. The van der Waals surface area contributed by atoms with Crippen LogP contribution in [-0.2, 0) is 27.7 Å². The molecule has 0 bridgehead atoms. The van der Waals surface area contributed by atoms with E-state index in [9.17, 15) is 21.6 Å². The molecule has 1 saturated heterocycles. The van der Waals surface area contributed by atoms with Crippen molar-refractivity contribution in [2.45, 2.75) is 25.6 Å². The van der Waals surface area contributed by atoms with Crippen molar-refractivity contribution in [1.29, 1.82) is 0 Å². The van der Waals surface area contributed by atoms with Gasteiger partial charge in [0.1, 0.15) is 6.33 Å². The topological polar surface area (TPSA) is 82.3 Å². The number of aromatic nitrogens is 4. The lowest BCUT2D eigenvalue weighted by Crippen LogP contribution is -2.31. The molecule has 0 saturated carbocycles. The summed E-state index contributed by atoms with van der Waals surface area (Å²) in [4.78, 5) is 7.52. The predicted octanol–water partition coefficient (Wildman–Crippen LogP) is 2.91. The number of benzene rings is 1. The Bertz CT molecular complexity index is 1140. The molecule has 0 amide bonds. The van der Waals surface area contributed by atoms with Crippen molar-refractivity contribution < 1.29 is 26.3 Å². The normalized spacial score (nSPS) is 16.3. The lowest BCUT2D eigenvalue weighted by molar-refractivity contribution is -0.147. The van der Waals surface area contributed by atoms with Crippen LogP contribution in [-0.4, -0.2) is 47.2 Å². The molecule has 1 aliphatic rings. The number of alkyl halides is 3. The van der Waals surface area contributed by atoms with Gasteiger partial charge >= 0.3 is 16.4 Å². The molecule has 162 valence electrons. The van der Waals surface area contributed by atoms with Gasteiger partial charge in [-0.05, 0) is 37.0 Å². The number of nitrogens with zero attached hydrogens (tertiary/aromatic N) is 5. The van der Waals surface area contributed by atoms with Crippen LogP contribution < -0.4 is 4.31 Å². The molecule has 0 radical (unpaired) electrons. The molecule has 1 aromatic carbocycles. The minimum atomic E-state index is -4.63. The van der Waals surface area contributed by atoms with Gasteiger partial charge in [-0.25, -0.2) is 13.9 Å². The second-order valence-electron chi connectivity index (χ2n) is 7.14. The molecule has 0 aliphatic carbocycles. The van der Waals surface area contributed by atoms with Gasteiger partial charge in [0.2, 0.25) is 5.82 Å². The van der Waals surface area contributed by atoms with Crippen LogP contribution in [0.4, 0.5) is 18.9 Å². The van der Waals surface area contributed by atoms with Gasteiger partial charge in [-0.1, -0.05) is 0 Å². The van der Waals surface area contributed by atoms with Gasteiger partial charge in [0.15, 0.2) is 0 Å². The van der Waals surface area contributed by atoms with E-state index in [1.165, 1.54) is 42.2 Å². The largest absolute Gasteiger partial charge is 0.449 e. The van der Waals surface area contributed by atoms with Crippen LogP contribution in [0, 0.1) is 5.92 Å². The first-order valence-corrected chi connectivity index (χ1v) is 10.7. The molecular weight excluding hydrogens is 423 g/mol. The second-order valence-corrected chi connectivity index (χ2v) is 9.01. The average molecular weight is 443 g/mol. The highest BCUT2D eigenvalue weighted by Crippen LogP contribution is 2.34. The SMILES string of the molecule is CN(c1ccc2c(c1)nc(C(F)(F)F)n2CC1CCOCC1)S(=O)(=O)n1ccnc1. The van der Waals surface area contributed by atoms with Crippen LogP contribution in [0.3, 0.4) is 0 Å². The molecule has 30 heavy (non-hydrogen) atoms. The van der Waals surface area contributed by atoms with Gasteiger partial charge in [-0.2, -0.15) is 21.6 Å². The smallest absolute Gasteiger partial charge is 0.381 e. The third-order valence-corrected chi connectivity index (χ3v) is 6.88. The van der Waals surface area contributed by atoms with E-state index in [-0.39, 0.29) is 23.7 Å². The maximum atomic E-state index is 13.7. The van der Waals surface area contributed by atoms with E-state index in [1.807, 2.05) is 0 Å².